The molecule has 0 spiro atoms. The van der Waals surface area contributed by atoms with Gasteiger partial charge in [-0.15, -0.1) is 0 Å². The molecular weight excluding hydrogens is 484 g/mol. The van der Waals surface area contributed by atoms with Crippen LogP contribution in [0.3, 0.4) is 0 Å². The topological polar surface area (TPSA) is 6.48 Å². The summed E-state index contributed by atoms with van der Waals surface area (Å²) in [4.78, 5) is 4.75. The molecule has 2 nitrogen and oxygen atoms in total. The van der Waals surface area contributed by atoms with Gasteiger partial charge in [0.05, 0.1) is 5.69 Å². The summed E-state index contributed by atoms with van der Waals surface area (Å²) in [6.07, 6.45) is 2.27. The normalized spacial score (nSPS) is 11.2. The maximum Gasteiger partial charge on any atom is 0.0520 e. The van der Waals surface area contributed by atoms with Gasteiger partial charge in [-0.3, -0.25) is 0 Å². The predicted octanol–water partition coefficient (Wildman–Crippen LogP) is 10.9. The zero-order valence-electron chi connectivity index (χ0n) is 25.4. The molecule has 0 saturated heterocycles. The van der Waals surface area contributed by atoms with Crippen LogP contribution >= 0.6 is 0 Å². The number of hydrogen-bond acceptors (Lipinski definition) is 2. The molecule has 0 amide bonds. The molecule has 204 valence electrons. The van der Waals surface area contributed by atoms with Crippen LogP contribution in [0.2, 0.25) is 0 Å². The predicted molar refractivity (Wildman–Crippen MR) is 176 cm³/mol. The third-order valence-corrected chi connectivity index (χ3v) is 8.02. The molecule has 0 aromatic heterocycles. The number of rotatable bonds is 7. The number of fused-ring (bicyclic) bond motifs is 1. The van der Waals surface area contributed by atoms with E-state index in [1.807, 2.05) is 0 Å². The van der Waals surface area contributed by atoms with Crippen LogP contribution < -0.4 is 9.80 Å². The Morgan fingerprint density at radius 3 is 1.48 bits per heavy atom. The molecule has 0 aliphatic carbocycles. The van der Waals surface area contributed by atoms with E-state index in [9.17, 15) is 0 Å². The maximum absolute atomic E-state index is 2.43. The quantitative estimate of drug-likeness (QED) is 0.208. The standard InChI is InChI=1S/C38H42N2/c1-9-10-31-11-15-34(16-12-31)40(38-29(6)21-26(3)22-30(38)7)36-18-14-32-23-35(17-13-33(32)24-36)39(8)37-27(4)19-25(2)20-28(37)5/h11-24H,9-10H2,1-8H3. The summed E-state index contributed by atoms with van der Waals surface area (Å²) in [7, 11) is 2.17. The summed E-state index contributed by atoms with van der Waals surface area (Å²) in [6, 6.07) is 31.9. The van der Waals surface area contributed by atoms with Crippen LogP contribution in [0.15, 0.2) is 84.9 Å². The smallest absolute Gasteiger partial charge is 0.0520 e. The fraction of sp³-hybridized carbons (Fsp3) is 0.263. The monoisotopic (exact) mass is 526 g/mol. The van der Waals surface area contributed by atoms with Crippen LogP contribution in [0.25, 0.3) is 10.8 Å². The van der Waals surface area contributed by atoms with Gasteiger partial charge in [0.2, 0.25) is 0 Å². The molecule has 5 aromatic rings. The van der Waals surface area contributed by atoms with Crippen LogP contribution in [0, 0.1) is 41.5 Å². The average Bonchev–Trinajstić information content (AvgIpc) is 2.90. The molecule has 0 aliphatic rings. The van der Waals surface area contributed by atoms with Gasteiger partial charge in [0.25, 0.3) is 0 Å². The highest BCUT2D eigenvalue weighted by Gasteiger charge is 2.18. The lowest BCUT2D eigenvalue weighted by molar-refractivity contribution is 0.922. The lowest BCUT2D eigenvalue weighted by Gasteiger charge is -2.29. The Morgan fingerprint density at radius 1 is 0.500 bits per heavy atom. The summed E-state index contributed by atoms with van der Waals surface area (Å²) in [6.45, 7) is 15.4. The molecule has 0 N–H and O–H groups in total. The van der Waals surface area contributed by atoms with Crippen LogP contribution in [-0.2, 0) is 6.42 Å². The van der Waals surface area contributed by atoms with Crippen molar-refractivity contribution in [2.45, 2.75) is 61.3 Å². The van der Waals surface area contributed by atoms with Gasteiger partial charge in [-0.25, -0.2) is 0 Å². The highest BCUT2D eigenvalue weighted by atomic mass is 15.1. The summed E-state index contributed by atoms with van der Waals surface area (Å²) in [5.74, 6) is 0. The molecule has 0 heterocycles. The van der Waals surface area contributed by atoms with Gasteiger partial charge in [0.1, 0.15) is 0 Å². The van der Waals surface area contributed by atoms with Gasteiger partial charge in [-0.1, -0.05) is 73.0 Å². The van der Waals surface area contributed by atoms with Crippen LogP contribution in [0.5, 0.6) is 0 Å². The zero-order chi connectivity index (χ0) is 28.6. The first-order valence-corrected chi connectivity index (χ1v) is 14.5. The SMILES string of the molecule is CCCc1ccc(N(c2ccc3cc(N(C)c4c(C)cc(C)cc4C)ccc3c2)c2c(C)cc(C)cc2C)cc1. The minimum absolute atomic E-state index is 1.11. The van der Waals surface area contributed by atoms with E-state index in [-0.39, 0.29) is 0 Å². The van der Waals surface area contributed by atoms with Gasteiger partial charge in [0, 0.05) is 29.8 Å². The minimum atomic E-state index is 1.11. The molecule has 5 aromatic carbocycles. The third kappa shape index (κ3) is 5.36. The number of aryl methyl sites for hydroxylation is 7. The number of hydrogen-bond donors (Lipinski definition) is 0. The summed E-state index contributed by atoms with van der Waals surface area (Å²) >= 11 is 0. The molecule has 0 aliphatic heterocycles. The Hall–Kier alpha value is -4.04. The van der Waals surface area contributed by atoms with Gasteiger partial charge < -0.3 is 9.80 Å². The van der Waals surface area contributed by atoms with Crippen molar-refractivity contribution >= 4 is 39.2 Å². The Bertz CT molecular complexity index is 1630. The van der Waals surface area contributed by atoms with Gasteiger partial charge in [-0.2, -0.15) is 0 Å². The largest absolute Gasteiger partial charge is 0.344 e. The van der Waals surface area contributed by atoms with Gasteiger partial charge in [-0.05, 0) is 123 Å². The van der Waals surface area contributed by atoms with E-state index in [0.29, 0.717) is 0 Å². The van der Waals surface area contributed by atoms with Crippen molar-refractivity contribution in [3.05, 3.63) is 124 Å². The van der Waals surface area contributed by atoms with Crippen LogP contribution in [-0.4, -0.2) is 7.05 Å². The molecule has 0 atom stereocenters. The highest BCUT2D eigenvalue weighted by molar-refractivity contribution is 5.92. The minimum Gasteiger partial charge on any atom is -0.344 e. The van der Waals surface area contributed by atoms with Crippen molar-refractivity contribution in [3.63, 3.8) is 0 Å². The Morgan fingerprint density at radius 2 is 0.950 bits per heavy atom. The molecule has 40 heavy (non-hydrogen) atoms. The zero-order valence-corrected chi connectivity index (χ0v) is 25.4. The number of benzene rings is 5. The lowest BCUT2D eigenvalue weighted by Crippen LogP contribution is -2.13. The second-order valence-electron chi connectivity index (χ2n) is 11.5. The van der Waals surface area contributed by atoms with Crippen molar-refractivity contribution in [3.8, 4) is 0 Å². The van der Waals surface area contributed by atoms with E-state index in [1.54, 1.807) is 0 Å². The van der Waals surface area contributed by atoms with Crippen molar-refractivity contribution in [1.29, 1.82) is 0 Å². The summed E-state index contributed by atoms with van der Waals surface area (Å²) in [5, 5.41) is 2.48. The Kier molecular flexibility index (Phi) is 7.72. The first-order valence-electron chi connectivity index (χ1n) is 14.5. The van der Waals surface area contributed by atoms with Crippen LogP contribution in [0.1, 0.15) is 52.3 Å². The van der Waals surface area contributed by atoms with E-state index in [2.05, 4.69) is 150 Å². The van der Waals surface area contributed by atoms with Crippen LogP contribution in [0.4, 0.5) is 28.4 Å². The average molecular weight is 527 g/mol. The van der Waals surface area contributed by atoms with Crippen molar-refractivity contribution < 1.29 is 0 Å². The van der Waals surface area contributed by atoms with E-state index < -0.39 is 0 Å². The summed E-state index contributed by atoms with van der Waals surface area (Å²) < 4.78 is 0. The number of anilines is 5. The maximum atomic E-state index is 2.43. The molecule has 0 fully saturated rings. The van der Waals surface area contributed by atoms with Gasteiger partial charge >= 0.3 is 0 Å². The fourth-order valence-electron chi connectivity index (χ4n) is 6.43. The molecule has 0 saturated carbocycles. The second kappa shape index (κ2) is 11.2. The first-order chi connectivity index (χ1) is 19.2. The molecule has 2 heteroatoms. The molecule has 0 radical (unpaired) electrons. The van der Waals surface area contributed by atoms with E-state index >= 15 is 0 Å². The van der Waals surface area contributed by atoms with Crippen molar-refractivity contribution in [2.75, 3.05) is 16.8 Å². The van der Waals surface area contributed by atoms with E-state index in [0.717, 1.165) is 12.8 Å². The second-order valence-corrected chi connectivity index (χ2v) is 11.5. The summed E-state index contributed by atoms with van der Waals surface area (Å²) in [5.41, 5.74) is 15.3. The van der Waals surface area contributed by atoms with E-state index in [1.165, 1.54) is 78.2 Å². The van der Waals surface area contributed by atoms with Crippen molar-refractivity contribution in [1.82, 2.24) is 0 Å². The molecule has 0 unspecified atom stereocenters. The third-order valence-electron chi connectivity index (χ3n) is 8.02. The van der Waals surface area contributed by atoms with Gasteiger partial charge in [0.15, 0.2) is 0 Å². The highest BCUT2D eigenvalue weighted by Crippen LogP contribution is 2.41. The Balaban J connectivity index is 1.59. The van der Waals surface area contributed by atoms with E-state index in [4.69, 9.17) is 0 Å². The molecular formula is C38H42N2. The first kappa shape index (κ1) is 27.5. The van der Waals surface area contributed by atoms with Crippen molar-refractivity contribution in [2.24, 2.45) is 0 Å². The number of nitrogens with zero attached hydrogens (tertiary/aromatic N) is 2. The molecule has 0 bridgehead atoms. The fourth-order valence-corrected chi connectivity index (χ4v) is 6.43. The molecule has 5 rings (SSSR count). The lowest BCUT2D eigenvalue weighted by atomic mass is 10.0. The Labute approximate surface area is 240 Å².